The Kier molecular flexibility index (Phi) is 8.58. The smallest absolute Gasteiger partial charge is 0.259 e. The predicted octanol–water partition coefficient (Wildman–Crippen LogP) is 5.63. The molecule has 39 heavy (non-hydrogen) atoms. The minimum Gasteiger partial charge on any atom is -0.352 e. The molecule has 0 bridgehead atoms. The highest BCUT2D eigenvalue weighted by Crippen LogP contribution is 2.36. The zero-order chi connectivity index (χ0) is 27.4. The molecule has 0 aliphatic carbocycles. The number of hydrogen-bond donors (Lipinski definition) is 1. The van der Waals surface area contributed by atoms with E-state index < -0.39 is 10.8 Å². The van der Waals surface area contributed by atoms with Crippen LogP contribution in [0.3, 0.4) is 0 Å². The normalized spacial score (nSPS) is 17.6. The van der Waals surface area contributed by atoms with E-state index >= 15 is 0 Å². The molecule has 3 aromatic rings. The van der Waals surface area contributed by atoms with Crippen LogP contribution >= 0.6 is 0 Å². The molecule has 1 N–H and O–H groups in total. The van der Waals surface area contributed by atoms with Crippen molar-refractivity contribution in [3.8, 4) is 0 Å². The van der Waals surface area contributed by atoms with E-state index in [1.54, 1.807) is 47.4 Å². The number of carbonyl (C=O) groups is 2. The maximum atomic E-state index is 13.9. The molecule has 2 amide bonds. The Labute approximate surface area is 233 Å². The molecular weight excluding hydrogens is 506 g/mol. The molecule has 204 valence electrons. The first-order chi connectivity index (χ1) is 18.9. The van der Waals surface area contributed by atoms with Crippen molar-refractivity contribution < 1.29 is 13.8 Å². The molecule has 3 aromatic carbocycles. The van der Waals surface area contributed by atoms with Gasteiger partial charge in [-0.05, 0) is 94.2 Å². The van der Waals surface area contributed by atoms with Crippen molar-refractivity contribution in [1.82, 2.24) is 10.2 Å². The third-order valence-corrected chi connectivity index (χ3v) is 9.24. The second-order valence-corrected chi connectivity index (χ2v) is 12.1. The van der Waals surface area contributed by atoms with Crippen LogP contribution in [-0.2, 0) is 17.3 Å². The largest absolute Gasteiger partial charge is 0.352 e. The van der Waals surface area contributed by atoms with Crippen LogP contribution in [0.5, 0.6) is 0 Å². The quantitative estimate of drug-likeness (QED) is 0.393. The van der Waals surface area contributed by atoms with Gasteiger partial charge in [0.05, 0.1) is 38.4 Å². The summed E-state index contributed by atoms with van der Waals surface area (Å²) in [5.74, 6) is -0.394. The summed E-state index contributed by atoms with van der Waals surface area (Å²) in [6.07, 6.45) is 6.02. The van der Waals surface area contributed by atoms with Gasteiger partial charge in [0.2, 0.25) is 0 Å². The summed E-state index contributed by atoms with van der Waals surface area (Å²) < 4.78 is 13.7. The summed E-state index contributed by atoms with van der Waals surface area (Å²) in [6, 6.07) is 18.4. The number of fused-ring (bicyclic) bond motifs is 2. The molecule has 1 atom stereocenters. The lowest BCUT2D eigenvalue weighted by Crippen LogP contribution is -2.32. The fourth-order valence-electron chi connectivity index (χ4n) is 5.47. The Hall–Kier alpha value is -3.29. The molecule has 6 nitrogen and oxygen atoms in total. The molecule has 0 saturated carbocycles. The van der Waals surface area contributed by atoms with Crippen molar-refractivity contribution in [2.75, 3.05) is 31.1 Å². The Balaban J connectivity index is 1.40. The summed E-state index contributed by atoms with van der Waals surface area (Å²) in [7, 11) is -1.55. The topological polar surface area (TPSA) is 69.7 Å². The van der Waals surface area contributed by atoms with Crippen LogP contribution in [0.25, 0.3) is 0 Å². The molecule has 7 heteroatoms. The number of amides is 2. The predicted molar refractivity (Wildman–Crippen MR) is 156 cm³/mol. The molecule has 0 aromatic heterocycles. The molecule has 2 aliphatic rings. The van der Waals surface area contributed by atoms with Crippen molar-refractivity contribution in [3.63, 3.8) is 0 Å². The number of rotatable bonds is 7. The van der Waals surface area contributed by atoms with Gasteiger partial charge < -0.3 is 15.1 Å². The SMILES string of the molecule is Cc1ccc(C)c(CN2C(=O)c3ccccc3[S@@](=O)c3ccc(C(=O)NCCCN4CCCCCC4)cc32)c1. The molecule has 5 rings (SSSR count). The van der Waals surface area contributed by atoms with E-state index in [-0.39, 0.29) is 11.8 Å². The van der Waals surface area contributed by atoms with Crippen LogP contribution in [0.15, 0.2) is 70.5 Å². The number of anilines is 1. The van der Waals surface area contributed by atoms with Crippen LogP contribution in [0.2, 0.25) is 0 Å². The average molecular weight is 544 g/mol. The van der Waals surface area contributed by atoms with Crippen LogP contribution in [-0.4, -0.2) is 47.1 Å². The van der Waals surface area contributed by atoms with Crippen LogP contribution in [0.1, 0.15) is 69.5 Å². The van der Waals surface area contributed by atoms with Crippen molar-refractivity contribution >= 4 is 28.3 Å². The molecule has 0 radical (unpaired) electrons. The van der Waals surface area contributed by atoms with Crippen LogP contribution in [0.4, 0.5) is 5.69 Å². The second kappa shape index (κ2) is 12.3. The molecule has 1 fully saturated rings. The third-order valence-electron chi connectivity index (χ3n) is 7.74. The van der Waals surface area contributed by atoms with Gasteiger partial charge in [-0.25, -0.2) is 4.21 Å². The summed E-state index contributed by atoms with van der Waals surface area (Å²) in [4.78, 5) is 32.3. The van der Waals surface area contributed by atoms with Gasteiger partial charge >= 0.3 is 0 Å². The van der Waals surface area contributed by atoms with Crippen molar-refractivity contribution in [2.24, 2.45) is 0 Å². The third kappa shape index (κ3) is 6.15. The minimum atomic E-state index is -1.55. The molecule has 0 unspecified atom stereocenters. The fraction of sp³-hybridized carbons (Fsp3) is 0.375. The highest BCUT2D eigenvalue weighted by Gasteiger charge is 2.31. The lowest BCUT2D eigenvalue weighted by molar-refractivity contribution is 0.0948. The van der Waals surface area contributed by atoms with Crippen molar-refractivity contribution in [1.29, 1.82) is 0 Å². The second-order valence-electron chi connectivity index (χ2n) is 10.6. The van der Waals surface area contributed by atoms with Crippen molar-refractivity contribution in [2.45, 2.75) is 62.3 Å². The summed E-state index contributed by atoms with van der Waals surface area (Å²) in [5, 5.41) is 3.05. The maximum absolute atomic E-state index is 13.9. The lowest BCUT2D eigenvalue weighted by Gasteiger charge is -2.24. The molecule has 1 saturated heterocycles. The van der Waals surface area contributed by atoms with Gasteiger partial charge in [0.25, 0.3) is 11.8 Å². The van der Waals surface area contributed by atoms with E-state index in [0.29, 0.717) is 39.7 Å². The fourth-order valence-corrected chi connectivity index (χ4v) is 6.81. The standard InChI is InChI=1S/C32H37N3O3S/c1-23-12-13-24(2)26(20-23)22-35-28-21-25(31(36)33-16-9-19-34-17-7-3-4-8-18-34)14-15-30(28)39(38)29-11-6-5-10-27(29)32(35)37/h5-6,10-15,20-21H,3-4,7-9,16-19,22H2,1-2H3,(H,33,36)/t39-/m1/s1. The van der Waals surface area contributed by atoms with E-state index in [1.165, 1.54) is 25.7 Å². The monoisotopic (exact) mass is 543 g/mol. The Morgan fingerprint density at radius 3 is 2.49 bits per heavy atom. The number of nitrogens with one attached hydrogen (secondary N) is 1. The number of likely N-dealkylation sites (tertiary alicyclic amines) is 1. The first-order valence-electron chi connectivity index (χ1n) is 14.0. The van der Waals surface area contributed by atoms with E-state index in [4.69, 9.17) is 0 Å². The van der Waals surface area contributed by atoms with Crippen LogP contribution < -0.4 is 10.2 Å². The Bertz CT molecular complexity index is 1400. The summed E-state index contributed by atoms with van der Waals surface area (Å²) in [5.41, 5.74) is 4.61. The number of hydrogen-bond acceptors (Lipinski definition) is 4. The van der Waals surface area contributed by atoms with Gasteiger partial charge in [-0.1, -0.05) is 48.7 Å². The van der Waals surface area contributed by atoms with E-state index in [2.05, 4.69) is 28.4 Å². The highest BCUT2D eigenvalue weighted by molar-refractivity contribution is 7.85. The number of carbonyl (C=O) groups excluding carboxylic acids is 2. The van der Waals surface area contributed by atoms with E-state index in [9.17, 15) is 13.8 Å². The van der Waals surface area contributed by atoms with Crippen LogP contribution in [0, 0.1) is 13.8 Å². The molecular formula is C32H37N3O3S. The summed E-state index contributed by atoms with van der Waals surface area (Å²) in [6.45, 7) is 8.24. The number of aryl methyl sites for hydroxylation is 2. The minimum absolute atomic E-state index is 0.180. The van der Waals surface area contributed by atoms with Gasteiger partial charge in [0.1, 0.15) is 0 Å². The molecule has 2 heterocycles. The Morgan fingerprint density at radius 1 is 0.923 bits per heavy atom. The first-order valence-corrected chi connectivity index (χ1v) is 15.1. The highest BCUT2D eigenvalue weighted by atomic mass is 32.2. The molecule has 2 aliphatic heterocycles. The number of nitrogens with zero attached hydrogens (tertiary/aromatic N) is 2. The van der Waals surface area contributed by atoms with Gasteiger partial charge in [0, 0.05) is 12.1 Å². The maximum Gasteiger partial charge on any atom is 0.259 e. The summed E-state index contributed by atoms with van der Waals surface area (Å²) >= 11 is 0. The van der Waals surface area contributed by atoms with Gasteiger partial charge in [-0.2, -0.15) is 0 Å². The van der Waals surface area contributed by atoms with E-state index in [1.807, 2.05) is 13.8 Å². The van der Waals surface area contributed by atoms with Gasteiger partial charge in [-0.15, -0.1) is 0 Å². The first kappa shape index (κ1) is 27.3. The van der Waals surface area contributed by atoms with E-state index in [0.717, 1.165) is 42.7 Å². The average Bonchev–Trinajstić information content (AvgIpc) is 3.27. The van der Waals surface area contributed by atoms with Gasteiger partial charge in [0.15, 0.2) is 0 Å². The Morgan fingerprint density at radius 2 is 1.69 bits per heavy atom. The zero-order valence-electron chi connectivity index (χ0n) is 22.9. The molecule has 0 spiro atoms. The van der Waals surface area contributed by atoms with Gasteiger partial charge in [-0.3, -0.25) is 9.59 Å². The lowest BCUT2D eigenvalue weighted by atomic mass is 10.0. The van der Waals surface area contributed by atoms with Crippen molar-refractivity contribution in [3.05, 3.63) is 88.5 Å². The number of benzene rings is 3. The zero-order valence-corrected chi connectivity index (χ0v) is 23.7.